The van der Waals surface area contributed by atoms with Crippen LogP contribution in [0.1, 0.15) is 11.1 Å². The van der Waals surface area contributed by atoms with Gasteiger partial charge in [-0.1, -0.05) is 40.2 Å². The molecule has 0 aliphatic heterocycles. The van der Waals surface area contributed by atoms with Gasteiger partial charge in [-0.2, -0.15) is 5.10 Å². The number of hydrogen-bond donors (Lipinski definition) is 1. The minimum atomic E-state index is 0.529. The van der Waals surface area contributed by atoms with E-state index in [0.29, 0.717) is 12.6 Å². The Morgan fingerprint density at radius 1 is 1.10 bits per heavy atom. The van der Waals surface area contributed by atoms with Gasteiger partial charge in [0, 0.05) is 11.5 Å². The van der Waals surface area contributed by atoms with Crippen LogP contribution in [-0.2, 0) is 13.7 Å². The van der Waals surface area contributed by atoms with Crippen LogP contribution in [0.25, 0.3) is 11.0 Å². The largest absolute Gasteiger partial charge is 0.487 e. The van der Waals surface area contributed by atoms with Crippen LogP contribution in [0.15, 0.2) is 70.2 Å². The van der Waals surface area contributed by atoms with Gasteiger partial charge in [0.25, 0.3) is 0 Å². The Bertz CT molecular complexity index is 1200. The summed E-state index contributed by atoms with van der Waals surface area (Å²) in [4.78, 5) is 4.56. The molecule has 0 spiro atoms. The van der Waals surface area contributed by atoms with E-state index in [4.69, 9.17) is 4.74 Å². The molecule has 5 nitrogen and oxygen atoms in total. The summed E-state index contributed by atoms with van der Waals surface area (Å²) in [5.41, 5.74) is 7.16. The van der Waals surface area contributed by atoms with Crippen molar-refractivity contribution in [1.29, 1.82) is 0 Å². The Hall–Kier alpha value is -1.66. The minimum Gasteiger partial charge on any atom is -0.487 e. The van der Waals surface area contributed by atoms with E-state index in [1.807, 2.05) is 48.0 Å². The molecule has 0 aliphatic rings. The van der Waals surface area contributed by atoms with Gasteiger partial charge in [0.1, 0.15) is 12.4 Å². The summed E-state index contributed by atoms with van der Waals surface area (Å²) in [6.45, 7) is 0.529. The number of hydrogen-bond acceptors (Lipinski definition) is 4. The normalized spacial score (nSPS) is 11.3. The molecule has 0 fully saturated rings. The Kier molecular flexibility index (Phi) is 6.94. The smallest absolute Gasteiger partial charge is 0.224 e. The molecule has 3 aromatic carbocycles. The van der Waals surface area contributed by atoms with Gasteiger partial charge >= 0.3 is 0 Å². The lowest BCUT2D eigenvalue weighted by molar-refractivity contribution is 0.301. The number of ether oxygens (including phenoxy) is 1. The number of fused-ring (bicyclic) bond motifs is 1. The predicted octanol–water partition coefficient (Wildman–Crippen LogP) is 6.57. The van der Waals surface area contributed by atoms with E-state index >= 15 is 0 Å². The second-order valence-corrected chi connectivity index (χ2v) is 9.82. The van der Waals surface area contributed by atoms with E-state index in [9.17, 15) is 0 Å². The molecule has 0 bridgehead atoms. The molecule has 0 aliphatic carbocycles. The third-order valence-corrected chi connectivity index (χ3v) is 6.61. The second-order valence-electron chi connectivity index (χ2n) is 6.58. The highest BCUT2D eigenvalue weighted by molar-refractivity contribution is 14.1. The molecule has 0 saturated carbocycles. The van der Waals surface area contributed by atoms with Gasteiger partial charge in [-0.05, 0) is 92.7 Å². The van der Waals surface area contributed by atoms with Crippen LogP contribution in [-0.4, -0.2) is 15.8 Å². The fraction of sp³-hybridized carbons (Fsp3) is 0.0909. The van der Waals surface area contributed by atoms with Gasteiger partial charge in [-0.15, -0.1) is 0 Å². The number of rotatable bonds is 6. The van der Waals surface area contributed by atoms with E-state index in [1.165, 1.54) is 0 Å². The quantitative estimate of drug-likeness (QED) is 0.142. The number of benzene rings is 3. The highest BCUT2D eigenvalue weighted by atomic mass is 127. The molecule has 0 unspecified atom stereocenters. The monoisotopic (exact) mass is 686 g/mol. The van der Waals surface area contributed by atoms with Gasteiger partial charge in [-0.3, -0.25) is 0 Å². The summed E-state index contributed by atoms with van der Waals surface area (Å²) in [5, 5.41) is 4.37. The molecule has 0 amide bonds. The molecule has 1 aromatic heterocycles. The molecule has 1 N–H and O–H groups in total. The van der Waals surface area contributed by atoms with Crippen molar-refractivity contribution in [3.8, 4) is 5.75 Å². The van der Waals surface area contributed by atoms with Crippen LogP contribution >= 0.6 is 61.1 Å². The SMILES string of the molecule is Cn1c(N/N=C\c2cc(I)c(OCc3ccc(Br)cc3)c(I)c2)nc2ccccc21. The lowest BCUT2D eigenvalue weighted by atomic mass is 10.2. The molecular weight excluding hydrogens is 670 g/mol. The summed E-state index contributed by atoms with van der Waals surface area (Å²) in [7, 11) is 1.97. The van der Waals surface area contributed by atoms with E-state index in [2.05, 4.69) is 101 Å². The van der Waals surface area contributed by atoms with Crippen LogP contribution in [0.4, 0.5) is 5.95 Å². The van der Waals surface area contributed by atoms with Crippen molar-refractivity contribution in [1.82, 2.24) is 9.55 Å². The molecule has 4 rings (SSSR count). The third kappa shape index (κ3) is 4.97. The van der Waals surface area contributed by atoms with E-state index in [-0.39, 0.29) is 0 Å². The zero-order valence-electron chi connectivity index (χ0n) is 15.9. The van der Waals surface area contributed by atoms with Gasteiger partial charge < -0.3 is 9.30 Å². The molecule has 0 saturated heterocycles. The first kappa shape index (κ1) is 21.6. The lowest BCUT2D eigenvalue weighted by Gasteiger charge is -2.11. The predicted molar refractivity (Wildman–Crippen MR) is 142 cm³/mol. The van der Waals surface area contributed by atoms with Crippen molar-refractivity contribution in [3.63, 3.8) is 0 Å². The summed E-state index contributed by atoms with van der Waals surface area (Å²) in [6.07, 6.45) is 1.79. The number of para-hydroxylation sites is 2. The van der Waals surface area contributed by atoms with E-state index in [0.717, 1.165) is 39.5 Å². The van der Waals surface area contributed by atoms with Crippen LogP contribution < -0.4 is 10.2 Å². The first-order valence-electron chi connectivity index (χ1n) is 9.08. The van der Waals surface area contributed by atoms with Crippen LogP contribution in [0.5, 0.6) is 5.75 Å². The first-order valence-corrected chi connectivity index (χ1v) is 12.0. The van der Waals surface area contributed by atoms with Gasteiger partial charge in [0.15, 0.2) is 0 Å². The molecule has 0 atom stereocenters. The fourth-order valence-electron chi connectivity index (χ4n) is 2.94. The van der Waals surface area contributed by atoms with Gasteiger partial charge in [0.05, 0.1) is 24.4 Å². The highest BCUT2D eigenvalue weighted by Crippen LogP contribution is 2.29. The number of aromatic nitrogens is 2. The fourth-order valence-corrected chi connectivity index (χ4v) is 5.33. The van der Waals surface area contributed by atoms with Crippen LogP contribution in [0.2, 0.25) is 0 Å². The lowest BCUT2D eigenvalue weighted by Crippen LogP contribution is -2.01. The van der Waals surface area contributed by atoms with E-state index < -0.39 is 0 Å². The van der Waals surface area contributed by atoms with Crippen molar-refractivity contribution in [2.45, 2.75) is 6.61 Å². The maximum atomic E-state index is 6.07. The molecule has 4 aromatic rings. The van der Waals surface area contributed by atoms with Crippen molar-refractivity contribution in [2.24, 2.45) is 12.1 Å². The standard InChI is InChI=1S/C22H17BrI2N4O/c1-29-20-5-3-2-4-19(20)27-22(29)28-26-12-15-10-17(24)21(18(25)11-15)30-13-14-6-8-16(23)9-7-14/h2-12H,13H2,1H3,(H,27,28)/b26-12-. The number of imidazole rings is 1. The maximum absolute atomic E-state index is 6.07. The van der Waals surface area contributed by atoms with Gasteiger partial charge in [0.2, 0.25) is 5.95 Å². The van der Waals surface area contributed by atoms with Crippen molar-refractivity contribution >= 4 is 84.3 Å². The number of nitrogens with zero attached hydrogens (tertiary/aromatic N) is 3. The molecular formula is C22H17BrI2N4O. The first-order chi connectivity index (χ1) is 14.5. The summed E-state index contributed by atoms with van der Waals surface area (Å²) in [5.74, 6) is 1.59. The van der Waals surface area contributed by atoms with Crippen LogP contribution in [0, 0.1) is 7.14 Å². The number of halogens is 3. The van der Waals surface area contributed by atoms with Crippen molar-refractivity contribution in [2.75, 3.05) is 5.43 Å². The summed E-state index contributed by atoms with van der Waals surface area (Å²) in [6, 6.07) is 20.3. The topological polar surface area (TPSA) is 51.4 Å². The Morgan fingerprint density at radius 2 is 1.80 bits per heavy atom. The molecule has 8 heteroatoms. The number of nitrogens with one attached hydrogen (secondary N) is 1. The number of aryl methyl sites for hydroxylation is 1. The third-order valence-electron chi connectivity index (χ3n) is 4.48. The molecule has 0 radical (unpaired) electrons. The Labute approximate surface area is 210 Å². The molecule has 30 heavy (non-hydrogen) atoms. The Balaban J connectivity index is 1.45. The summed E-state index contributed by atoms with van der Waals surface area (Å²) < 4.78 is 11.2. The average Bonchev–Trinajstić information content (AvgIpc) is 3.05. The highest BCUT2D eigenvalue weighted by Gasteiger charge is 2.09. The Morgan fingerprint density at radius 3 is 2.50 bits per heavy atom. The van der Waals surface area contributed by atoms with Crippen molar-refractivity contribution < 1.29 is 4.74 Å². The maximum Gasteiger partial charge on any atom is 0.224 e. The van der Waals surface area contributed by atoms with E-state index in [1.54, 1.807) is 6.21 Å². The average molecular weight is 687 g/mol. The number of hydrazone groups is 1. The zero-order valence-corrected chi connectivity index (χ0v) is 21.8. The van der Waals surface area contributed by atoms with Crippen molar-refractivity contribution in [3.05, 3.63) is 83.4 Å². The molecule has 1 heterocycles. The second kappa shape index (κ2) is 9.65. The minimum absolute atomic E-state index is 0.529. The zero-order chi connectivity index (χ0) is 21.1. The molecule has 152 valence electrons. The summed E-state index contributed by atoms with van der Waals surface area (Å²) >= 11 is 8.06. The number of anilines is 1. The van der Waals surface area contributed by atoms with Crippen LogP contribution in [0.3, 0.4) is 0 Å². The van der Waals surface area contributed by atoms with Gasteiger partial charge in [-0.25, -0.2) is 10.4 Å².